The number of carboxylic acid groups (broad SMARTS) is 2. The Bertz CT molecular complexity index is 1210. The maximum absolute atomic E-state index is 13.8. The van der Waals surface area contributed by atoms with E-state index in [0.717, 1.165) is 30.8 Å². The van der Waals surface area contributed by atoms with Crippen molar-refractivity contribution in [3.8, 4) is 17.2 Å². The van der Waals surface area contributed by atoms with Crippen LogP contribution in [0.2, 0.25) is 0 Å². The Kier molecular flexibility index (Phi) is 7.00. The van der Waals surface area contributed by atoms with E-state index in [1.54, 1.807) is 12.1 Å². The van der Waals surface area contributed by atoms with Crippen molar-refractivity contribution >= 4 is 17.8 Å². The quantitative estimate of drug-likeness (QED) is 0.517. The van der Waals surface area contributed by atoms with E-state index in [0.29, 0.717) is 29.9 Å². The average molecular weight is 509 g/mol. The molecule has 0 spiro atoms. The Morgan fingerprint density at radius 1 is 1.05 bits per heavy atom. The smallest absolute Gasteiger partial charge is 0.352 e. The van der Waals surface area contributed by atoms with Crippen LogP contribution < -0.4 is 14.2 Å². The second-order valence-electron chi connectivity index (χ2n) is 9.39. The lowest BCUT2D eigenvalue weighted by atomic mass is 9.82. The minimum Gasteiger partial charge on any atom is -0.490 e. The second kappa shape index (κ2) is 10.5. The average Bonchev–Trinajstić information content (AvgIpc) is 2.92. The van der Waals surface area contributed by atoms with E-state index in [4.69, 9.17) is 14.2 Å². The van der Waals surface area contributed by atoms with Crippen LogP contribution in [0.5, 0.6) is 17.2 Å². The van der Waals surface area contributed by atoms with E-state index in [9.17, 15) is 24.6 Å². The number of nitrogens with zero attached hydrogens (tertiary/aromatic N) is 2. The normalized spacial score (nSPS) is 24.3. The Hall–Kier alpha value is -4.05. The minimum atomic E-state index is -1.47. The highest BCUT2D eigenvalue weighted by Crippen LogP contribution is 2.36. The number of hydrogen-bond donors (Lipinski definition) is 2. The van der Waals surface area contributed by atoms with Gasteiger partial charge in [0.25, 0.3) is 5.91 Å². The molecular formula is C27H28N2O8. The molecule has 0 unspecified atom stereocenters. The summed E-state index contributed by atoms with van der Waals surface area (Å²) in [5.74, 6) is -1.92. The Labute approximate surface area is 213 Å². The highest BCUT2D eigenvalue weighted by molar-refractivity contribution is 6.03. The lowest BCUT2D eigenvalue weighted by molar-refractivity contribution is -0.137. The summed E-state index contributed by atoms with van der Waals surface area (Å²) in [6.45, 7) is 2.75. The van der Waals surface area contributed by atoms with Crippen LogP contribution in [-0.4, -0.2) is 82.9 Å². The van der Waals surface area contributed by atoms with E-state index in [1.165, 1.54) is 6.07 Å². The molecule has 10 heteroatoms. The topological polar surface area (TPSA) is 126 Å². The molecule has 2 bridgehead atoms. The molecule has 2 atom stereocenters. The SMILES string of the molecule is O=C(O)/C=C(\C(=O)O)N(C(=O)c1ccc2c(c1)O[C@@H](COc1ccccc1)CO2)[C@H]1CN2CCC1CC2. The van der Waals surface area contributed by atoms with Crippen molar-refractivity contribution in [1.29, 1.82) is 0 Å². The van der Waals surface area contributed by atoms with E-state index in [-0.39, 0.29) is 24.7 Å². The molecule has 6 rings (SSSR count). The fourth-order valence-electron chi connectivity index (χ4n) is 5.19. The predicted octanol–water partition coefficient (Wildman–Crippen LogP) is 2.49. The van der Waals surface area contributed by atoms with Gasteiger partial charge in [0.2, 0.25) is 0 Å². The summed E-state index contributed by atoms with van der Waals surface area (Å²) < 4.78 is 17.6. The largest absolute Gasteiger partial charge is 0.490 e. The summed E-state index contributed by atoms with van der Waals surface area (Å²) in [5.41, 5.74) is -0.374. The standard InChI is InChI=1S/C27H28N2O8/c30-25(31)13-21(27(33)34)29(22-14-28-10-8-17(22)9-11-28)26(32)18-6-7-23-24(12-18)37-20(16-36-23)15-35-19-4-2-1-3-5-19/h1-7,12-13,17,20,22H,8-11,14-16H2,(H,30,31)(H,33,34)/b21-13+/t20-,22-/m0/s1. The van der Waals surface area contributed by atoms with Gasteiger partial charge in [-0.2, -0.15) is 0 Å². The Balaban J connectivity index is 1.40. The molecule has 0 saturated carbocycles. The van der Waals surface area contributed by atoms with Crippen molar-refractivity contribution in [3.05, 3.63) is 65.9 Å². The van der Waals surface area contributed by atoms with E-state index in [2.05, 4.69) is 4.90 Å². The summed E-state index contributed by atoms with van der Waals surface area (Å²) >= 11 is 0. The number of rotatable bonds is 8. The zero-order chi connectivity index (χ0) is 25.9. The van der Waals surface area contributed by atoms with Crippen LogP contribution in [0.4, 0.5) is 0 Å². The number of carbonyl (C=O) groups is 3. The second-order valence-corrected chi connectivity index (χ2v) is 9.39. The van der Waals surface area contributed by atoms with E-state index in [1.807, 2.05) is 30.3 Å². The molecule has 2 N–H and O–H groups in total. The maximum atomic E-state index is 13.8. The molecule has 4 aliphatic heterocycles. The van der Waals surface area contributed by atoms with E-state index < -0.39 is 35.7 Å². The first-order valence-corrected chi connectivity index (χ1v) is 12.2. The van der Waals surface area contributed by atoms with Crippen LogP contribution in [0.15, 0.2) is 60.3 Å². The first kappa shape index (κ1) is 24.6. The Morgan fingerprint density at radius 3 is 2.46 bits per heavy atom. The number of fused-ring (bicyclic) bond motifs is 4. The summed E-state index contributed by atoms with van der Waals surface area (Å²) in [4.78, 5) is 40.7. The van der Waals surface area contributed by atoms with Crippen LogP contribution in [0.25, 0.3) is 0 Å². The third-order valence-electron chi connectivity index (χ3n) is 7.00. The highest BCUT2D eigenvalue weighted by Gasteiger charge is 2.42. The molecule has 37 heavy (non-hydrogen) atoms. The molecule has 2 aromatic carbocycles. The van der Waals surface area contributed by atoms with Crippen molar-refractivity contribution < 1.29 is 38.8 Å². The lowest BCUT2D eigenvalue weighted by Crippen LogP contribution is -2.59. The highest BCUT2D eigenvalue weighted by atomic mass is 16.6. The third kappa shape index (κ3) is 5.39. The van der Waals surface area contributed by atoms with Gasteiger partial charge in [-0.3, -0.25) is 9.69 Å². The molecule has 1 amide bonds. The van der Waals surface area contributed by atoms with Gasteiger partial charge >= 0.3 is 11.9 Å². The zero-order valence-corrected chi connectivity index (χ0v) is 20.1. The summed E-state index contributed by atoms with van der Waals surface area (Å²) in [6.07, 6.45) is 1.81. The molecule has 4 heterocycles. The van der Waals surface area contributed by atoms with Gasteiger partial charge in [-0.1, -0.05) is 18.2 Å². The number of piperidine rings is 3. The fraction of sp³-hybridized carbons (Fsp3) is 0.370. The summed E-state index contributed by atoms with van der Waals surface area (Å²) in [7, 11) is 0. The number of aliphatic carboxylic acids is 2. The van der Waals surface area contributed by atoms with Crippen LogP contribution in [0, 0.1) is 5.92 Å². The van der Waals surface area contributed by atoms with Gasteiger partial charge in [-0.15, -0.1) is 0 Å². The molecule has 4 aliphatic rings. The fourth-order valence-corrected chi connectivity index (χ4v) is 5.19. The molecule has 0 aliphatic carbocycles. The van der Waals surface area contributed by atoms with Gasteiger partial charge in [0.15, 0.2) is 17.6 Å². The number of amides is 1. The molecule has 2 aromatic rings. The molecular weight excluding hydrogens is 480 g/mol. The zero-order valence-electron chi connectivity index (χ0n) is 20.1. The van der Waals surface area contributed by atoms with Crippen molar-refractivity contribution in [2.24, 2.45) is 5.92 Å². The lowest BCUT2D eigenvalue weighted by Gasteiger charge is -2.48. The molecule has 194 valence electrons. The van der Waals surface area contributed by atoms with Crippen molar-refractivity contribution in [2.75, 3.05) is 32.8 Å². The molecule has 0 aromatic heterocycles. The van der Waals surface area contributed by atoms with E-state index >= 15 is 0 Å². The van der Waals surface area contributed by atoms with Gasteiger partial charge in [0.05, 0.1) is 12.1 Å². The molecule has 3 saturated heterocycles. The number of para-hydroxylation sites is 1. The number of hydrogen-bond acceptors (Lipinski definition) is 7. The monoisotopic (exact) mass is 508 g/mol. The summed E-state index contributed by atoms with van der Waals surface area (Å²) in [6, 6.07) is 13.5. The third-order valence-corrected chi connectivity index (χ3v) is 7.00. The van der Waals surface area contributed by atoms with Crippen LogP contribution in [0.1, 0.15) is 23.2 Å². The molecule has 0 radical (unpaired) electrons. The van der Waals surface area contributed by atoms with Gasteiger partial charge < -0.3 is 29.3 Å². The number of carboxylic acids is 2. The van der Waals surface area contributed by atoms with Gasteiger partial charge in [0.1, 0.15) is 24.7 Å². The summed E-state index contributed by atoms with van der Waals surface area (Å²) in [5, 5.41) is 19.2. The van der Waals surface area contributed by atoms with Crippen molar-refractivity contribution in [3.63, 3.8) is 0 Å². The first-order chi connectivity index (χ1) is 17.9. The predicted molar refractivity (Wildman–Crippen MR) is 131 cm³/mol. The van der Waals surface area contributed by atoms with Gasteiger partial charge in [0, 0.05) is 12.1 Å². The van der Waals surface area contributed by atoms with Crippen molar-refractivity contribution in [2.45, 2.75) is 25.0 Å². The molecule has 3 fully saturated rings. The van der Waals surface area contributed by atoms with Crippen LogP contribution >= 0.6 is 0 Å². The van der Waals surface area contributed by atoms with Gasteiger partial charge in [-0.05, 0) is 62.2 Å². The minimum absolute atomic E-state index is 0.0854. The number of benzene rings is 2. The number of ether oxygens (including phenoxy) is 3. The van der Waals surface area contributed by atoms with Crippen LogP contribution in [-0.2, 0) is 9.59 Å². The molecule has 10 nitrogen and oxygen atoms in total. The van der Waals surface area contributed by atoms with Crippen LogP contribution in [0.3, 0.4) is 0 Å². The van der Waals surface area contributed by atoms with Gasteiger partial charge in [-0.25, -0.2) is 9.59 Å². The van der Waals surface area contributed by atoms with Crippen molar-refractivity contribution in [1.82, 2.24) is 9.80 Å². The maximum Gasteiger partial charge on any atom is 0.352 e. The first-order valence-electron chi connectivity index (χ1n) is 12.2. The number of carbonyl (C=O) groups excluding carboxylic acids is 1. The Morgan fingerprint density at radius 2 is 1.81 bits per heavy atom.